The van der Waals surface area contributed by atoms with Gasteiger partial charge in [0.15, 0.2) is 9.84 Å². The van der Waals surface area contributed by atoms with Crippen molar-refractivity contribution in [2.75, 3.05) is 17.6 Å². The van der Waals surface area contributed by atoms with Crippen LogP contribution in [0.3, 0.4) is 0 Å². The zero-order valence-electron chi connectivity index (χ0n) is 13.1. The molecule has 2 aromatic carbocycles. The largest absolute Gasteiger partial charge is 0.416 e. The third kappa shape index (κ3) is 4.50. The van der Waals surface area contributed by atoms with Crippen molar-refractivity contribution in [1.82, 2.24) is 0 Å². The van der Waals surface area contributed by atoms with Crippen LogP contribution in [0.4, 0.5) is 18.9 Å². The summed E-state index contributed by atoms with van der Waals surface area (Å²) in [5.74, 6) is 0.00456. The van der Waals surface area contributed by atoms with Crippen molar-refractivity contribution in [3.8, 4) is 0 Å². The highest BCUT2D eigenvalue weighted by Crippen LogP contribution is 2.29. The van der Waals surface area contributed by atoms with Crippen LogP contribution in [0.25, 0.3) is 0 Å². The molecule has 24 heavy (non-hydrogen) atoms. The highest BCUT2D eigenvalue weighted by molar-refractivity contribution is 7.91. The Labute approximate surface area is 139 Å². The van der Waals surface area contributed by atoms with Crippen LogP contribution in [0.5, 0.6) is 0 Å². The lowest BCUT2D eigenvalue weighted by Crippen LogP contribution is -2.11. The first kappa shape index (κ1) is 18.3. The highest BCUT2D eigenvalue weighted by atomic mass is 32.2. The minimum atomic E-state index is -4.34. The van der Waals surface area contributed by atoms with E-state index in [1.54, 1.807) is 31.2 Å². The van der Waals surface area contributed by atoms with E-state index in [1.807, 2.05) is 0 Å². The molecule has 1 N–H and O–H groups in total. The van der Waals surface area contributed by atoms with Crippen molar-refractivity contribution in [3.05, 3.63) is 59.7 Å². The Kier molecular flexibility index (Phi) is 5.54. The van der Waals surface area contributed by atoms with Gasteiger partial charge in [-0.2, -0.15) is 13.2 Å². The molecule has 0 aromatic heterocycles. The quantitative estimate of drug-likeness (QED) is 0.845. The van der Waals surface area contributed by atoms with Gasteiger partial charge in [0, 0.05) is 6.54 Å². The van der Waals surface area contributed by atoms with Gasteiger partial charge < -0.3 is 5.32 Å². The Hall–Kier alpha value is -2.02. The molecular formula is C17H18F3NO2S. The molecule has 0 saturated carbocycles. The van der Waals surface area contributed by atoms with Crippen molar-refractivity contribution < 1.29 is 21.6 Å². The standard InChI is InChI=1S/C17H18F3NO2S/c1-2-24(22,23)16-6-4-3-5-15(16)21-12-11-13-7-9-14(10-8-13)17(18,19)20/h3-10,21H,2,11-12H2,1H3. The van der Waals surface area contributed by atoms with Gasteiger partial charge in [-0.3, -0.25) is 0 Å². The average Bonchev–Trinajstić information content (AvgIpc) is 2.55. The number of hydrogen-bond acceptors (Lipinski definition) is 3. The number of halogens is 3. The first-order chi connectivity index (χ1) is 11.2. The number of para-hydroxylation sites is 1. The molecule has 0 radical (unpaired) electrons. The Balaban J connectivity index is 2.03. The lowest BCUT2D eigenvalue weighted by molar-refractivity contribution is -0.137. The van der Waals surface area contributed by atoms with Crippen LogP contribution in [0.2, 0.25) is 0 Å². The Morgan fingerprint density at radius 3 is 2.21 bits per heavy atom. The summed E-state index contributed by atoms with van der Waals surface area (Å²) in [6.45, 7) is 2.00. The normalized spacial score (nSPS) is 12.2. The molecular weight excluding hydrogens is 339 g/mol. The zero-order chi connectivity index (χ0) is 17.8. The number of rotatable bonds is 6. The molecule has 2 rings (SSSR count). The van der Waals surface area contributed by atoms with Crippen LogP contribution in [-0.4, -0.2) is 20.7 Å². The van der Waals surface area contributed by atoms with Crippen LogP contribution in [0.1, 0.15) is 18.1 Å². The maximum Gasteiger partial charge on any atom is 0.416 e. The van der Waals surface area contributed by atoms with Gasteiger partial charge in [0.2, 0.25) is 0 Å². The summed E-state index contributed by atoms with van der Waals surface area (Å²) in [5.41, 5.74) is 0.566. The SMILES string of the molecule is CCS(=O)(=O)c1ccccc1NCCc1ccc(C(F)(F)F)cc1. The summed E-state index contributed by atoms with van der Waals surface area (Å²) < 4.78 is 61.6. The van der Waals surface area contributed by atoms with E-state index in [9.17, 15) is 21.6 Å². The molecule has 130 valence electrons. The molecule has 0 aliphatic carbocycles. The molecule has 0 bridgehead atoms. The number of benzene rings is 2. The number of alkyl halides is 3. The minimum absolute atomic E-state index is 0.00456. The summed E-state index contributed by atoms with van der Waals surface area (Å²) in [6.07, 6.45) is -3.86. The van der Waals surface area contributed by atoms with E-state index >= 15 is 0 Å². The first-order valence-electron chi connectivity index (χ1n) is 7.46. The van der Waals surface area contributed by atoms with Gasteiger partial charge in [-0.25, -0.2) is 8.42 Å². The summed E-state index contributed by atoms with van der Waals surface area (Å²) in [7, 11) is -3.33. The molecule has 0 aliphatic rings. The summed E-state index contributed by atoms with van der Waals surface area (Å²) >= 11 is 0. The molecule has 0 fully saturated rings. The van der Waals surface area contributed by atoms with Crippen LogP contribution < -0.4 is 5.32 Å². The predicted molar refractivity (Wildman–Crippen MR) is 87.8 cm³/mol. The molecule has 0 saturated heterocycles. The summed E-state index contributed by atoms with van der Waals surface area (Å²) in [4.78, 5) is 0.236. The molecule has 0 heterocycles. The van der Waals surface area contributed by atoms with Crippen molar-refractivity contribution in [2.24, 2.45) is 0 Å². The van der Waals surface area contributed by atoms with Gasteiger partial charge in [0.25, 0.3) is 0 Å². The third-order valence-corrected chi connectivity index (χ3v) is 5.40. The lowest BCUT2D eigenvalue weighted by Gasteiger charge is -2.12. The van der Waals surface area contributed by atoms with Crippen LogP contribution in [-0.2, 0) is 22.4 Å². The maximum absolute atomic E-state index is 12.5. The monoisotopic (exact) mass is 357 g/mol. The van der Waals surface area contributed by atoms with Crippen LogP contribution in [0, 0.1) is 0 Å². The fourth-order valence-corrected chi connectivity index (χ4v) is 3.31. The van der Waals surface area contributed by atoms with E-state index < -0.39 is 21.6 Å². The van der Waals surface area contributed by atoms with E-state index in [2.05, 4.69) is 5.32 Å². The number of hydrogen-bond donors (Lipinski definition) is 1. The molecule has 0 unspecified atom stereocenters. The molecule has 0 atom stereocenters. The van der Waals surface area contributed by atoms with Crippen LogP contribution in [0.15, 0.2) is 53.4 Å². The van der Waals surface area contributed by atoms with Crippen molar-refractivity contribution >= 4 is 15.5 Å². The number of nitrogens with one attached hydrogen (secondary N) is 1. The average molecular weight is 357 g/mol. The molecule has 2 aromatic rings. The minimum Gasteiger partial charge on any atom is -0.384 e. The lowest BCUT2D eigenvalue weighted by atomic mass is 10.1. The first-order valence-corrected chi connectivity index (χ1v) is 9.11. The highest BCUT2D eigenvalue weighted by Gasteiger charge is 2.29. The van der Waals surface area contributed by atoms with Gasteiger partial charge >= 0.3 is 6.18 Å². The topological polar surface area (TPSA) is 46.2 Å². The van der Waals surface area contributed by atoms with E-state index in [4.69, 9.17) is 0 Å². The van der Waals surface area contributed by atoms with Gasteiger partial charge in [-0.15, -0.1) is 0 Å². The summed E-state index contributed by atoms with van der Waals surface area (Å²) in [5, 5.41) is 3.05. The molecule has 0 amide bonds. The molecule has 3 nitrogen and oxygen atoms in total. The van der Waals surface area contributed by atoms with Crippen molar-refractivity contribution in [3.63, 3.8) is 0 Å². The Bertz CT molecular complexity index is 784. The van der Waals surface area contributed by atoms with E-state index in [-0.39, 0.29) is 10.6 Å². The molecule has 0 spiro atoms. The van der Waals surface area contributed by atoms with Gasteiger partial charge in [-0.05, 0) is 36.2 Å². The molecule has 7 heteroatoms. The second kappa shape index (κ2) is 7.25. The van der Waals surface area contributed by atoms with Crippen molar-refractivity contribution in [1.29, 1.82) is 0 Å². The van der Waals surface area contributed by atoms with Gasteiger partial charge in [0.05, 0.1) is 21.9 Å². The number of sulfone groups is 1. The van der Waals surface area contributed by atoms with E-state index in [1.165, 1.54) is 12.1 Å². The van der Waals surface area contributed by atoms with Gasteiger partial charge in [0.1, 0.15) is 0 Å². The van der Waals surface area contributed by atoms with Crippen LogP contribution >= 0.6 is 0 Å². The molecule has 0 aliphatic heterocycles. The second-order valence-electron chi connectivity index (χ2n) is 5.27. The Morgan fingerprint density at radius 2 is 1.62 bits per heavy atom. The number of anilines is 1. The fraction of sp³-hybridized carbons (Fsp3) is 0.294. The van der Waals surface area contributed by atoms with E-state index in [0.29, 0.717) is 18.7 Å². The summed E-state index contributed by atoms with van der Waals surface area (Å²) in [6, 6.07) is 11.6. The Morgan fingerprint density at radius 1 is 1.00 bits per heavy atom. The predicted octanol–water partition coefficient (Wildman–Crippen LogP) is 4.15. The second-order valence-corrected chi connectivity index (χ2v) is 7.52. The van der Waals surface area contributed by atoms with E-state index in [0.717, 1.165) is 17.7 Å². The maximum atomic E-state index is 12.5. The smallest absolute Gasteiger partial charge is 0.384 e. The third-order valence-electron chi connectivity index (χ3n) is 3.61. The van der Waals surface area contributed by atoms with Gasteiger partial charge in [-0.1, -0.05) is 31.2 Å². The zero-order valence-corrected chi connectivity index (χ0v) is 13.9. The van der Waals surface area contributed by atoms with Crippen molar-refractivity contribution in [2.45, 2.75) is 24.4 Å². The fourth-order valence-electron chi connectivity index (χ4n) is 2.24.